The van der Waals surface area contributed by atoms with Gasteiger partial charge in [0.15, 0.2) is 0 Å². The summed E-state index contributed by atoms with van der Waals surface area (Å²) in [6.07, 6.45) is 0. The molecule has 2 rings (SSSR count). The molecular formula is C21H41N3Si3+. The molecule has 0 saturated heterocycles. The number of rotatable bonds is 4. The highest BCUT2D eigenvalue weighted by Gasteiger charge is 2.67. The van der Waals surface area contributed by atoms with Gasteiger partial charge in [0.25, 0.3) is 5.84 Å². The van der Waals surface area contributed by atoms with E-state index in [9.17, 15) is 0 Å². The van der Waals surface area contributed by atoms with E-state index < -0.39 is 25.8 Å². The van der Waals surface area contributed by atoms with E-state index in [-0.39, 0.29) is 11.1 Å². The van der Waals surface area contributed by atoms with Gasteiger partial charge in [-0.05, 0) is 53.7 Å². The lowest BCUT2D eigenvalue weighted by atomic mass is 10.1. The maximum absolute atomic E-state index is 3.05. The molecule has 0 atom stereocenters. The minimum Gasteiger partial charge on any atom is -0.292 e. The summed E-state index contributed by atoms with van der Waals surface area (Å²) in [6.45, 7) is 29.5. The second kappa shape index (κ2) is 6.97. The van der Waals surface area contributed by atoms with Crippen molar-refractivity contribution >= 4 is 31.6 Å². The van der Waals surface area contributed by atoms with Gasteiger partial charge in [-0.3, -0.25) is 12.7 Å². The predicted octanol–water partition coefficient (Wildman–Crippen LogP) is 5.32. The lowest BCUT2D eigenvalue weighted by Gasteiger charge is -2.55. The molecule has 0 saturated carbocycles. The Morgan fingerprint density at radius 1 is 0.815 bits per heavy atom. The van der Waals surface area contributed by atoms with Gasteiger partial charge in [-0.15, -0.1) is 0 Å². The summed E-state index contributed by atoms with van der Waals surface area (Å²) in [7, 11) is -3.97. The van der Waals surface area contributed by atoms with Crippen LogP contribution in [-0.2, 0) is 0 Å². The Hall–Kier alpha value is -0.699. The Balaban J connectivity index is 2.80. The van der Waals surface area contributed by atoms with Crippen LogP contribution in [0.4, 0.5) is 0 Å². The van der Waals surface area contributed by atoms with E-state index in [0.717, 1.165) is 0 Å². The van der Waals surface area contributed by atoms with Crippen molar-refractivity contribution < 1.29 is 4.24 Å². The molecular weight excluding hydrogens is 379 g/mol. The number of benzene rings is 1. The van der Waals surface area contributed by atoms with Crippen molar-refractivity contribution in [2.24, 2.45) is 0 Å². The summed E-state index contributed by atoms with van der Waals surface area (Å²) in [5, 5.41) is 0. The Kier molecular flexibility index (Phi) is 5.83. The monoisotopic (exact) mass is 419 g/mol. The standard InChI is InChI=1S/C21H41N3Si3/c1-20(2,3)22-19(18-16-14-13-15-17-18)23(21(4,5)6)25(22)24(26(7,8)9)27(10,11)12/h13-17H,1-12H3/q+1. The summed E-state index contributed by atoms with van der Waals surface area (Å²) in [6, 6.07) is 11.0. The second-order valence-corrected chi connectivity index (χ2v) is 24.5. The van der Waals surface area contributed by atoms with E-state index in [1.54, 1.807) is 0 Å². The highest BCUT2D eigenvalue weighted by atomic mass is 28.5. The van der Waals surface area contributed by atoms with Gasteiger partial charge in [-0.2, -0.15) is 0 Å². The summed E-state index contributed by atoms with van der Waals surface area (Å²) in [5.41, 5.74) is 1.57. The first-order valence-electron chi connectivity index (χ1n) is 10.2. The van der Waals surface area contributed by atoms with Crippen molar-refractivity contribution in [3.8, 4) is 0 Å². The first-order chi connectivity index (χ1) is 12.0. The summed E-state index contributed by atoms with van der Waals surface area (Å²) in [4.78, 5) is 0. The first kappa shape index (κ1) is 22.6. The van der Waals surface area contributed by atoms with Crippen LogP contribution in [0.25, 0.3) is 0 Å². The van der Waals surface area contributed by atoms with Gasteiger partial charge in [-0.1, -0.05) is 57.5 Å². The molecule has 6 heteroatoms. The third-order valence-electron chi connectivity index (χ3n) is 4.74. The fourth-order valence-electron chi connectivity index (χ4n) is 4.23. The number of hydrogen-bond donors (Lipinski definition) is 0. The van der Waals surface area contributed by atoms with E-state index in [1.807, 2.05) is 0 Å². The number of amidine groups is 1. The molecule has 1 radical (unpaired) electrons. The Labute approximate surface area is 172 Å². The normalized spacial score (nSPS) is 17.6. The van der Waals surface area contributed by atoms with E-state index >= 15 is 0 Å². The minimum atomic E-state index is -1.48. The fraction of sp³-hybridized carbons (Fsp3) is 0.667. The Bertz CT molecular complexity index is 687. The lowest BCUT2D eigenvalue weighted by Crippen LogP contribution is -2.85. The number of hydrogen-bond acceptors (Lipinski definition) is 2. The minimum absolute atomic E-state index is 0.110. The Morgan fingerprint density at radius 3 is 1.59 bits per heavy atom. The first-order valence-corrected chi connectivity index (χ1v) is 18.4. The van der Waals surface area contributed by atoms with Crippen molar-refractivity contribution in [1.29, 1.82) is 0 Å². The van der Waals surface area contributed by atoms with Gasteiger partial charge in [0.1, 0.15) is 16.5 Å². The molecule has 0 aromatic heterocycles. The molecule has 3 nitrogen and oxygen atoms in total. The van der Waals surface area contributed by atoms with Gasteiger partial charge in [0, 0.05) is 0 Å². The average molecular weight is 420 g/mol. The summed E-state index contributed by atoms with van der Waals surface area (Å²) in [5.74, 6) is 1.42. The molecule has 0 N–H and O–H groups in total. The lowest BCUT2D eigenvalue weighted by molar-refractivity contribution is -0.513. The highest BCUT2D eigenvalue weighted by Crippen LogP contribution is 2.36. The largest absolute Gasteiger partial charge is 0.651 e. The molecule has 0 aliphatic carbocycles. The van der Waals surface area contributed by atoms with Crippen LogP contribution in [0.2, 0.25) is 39.3 Å². The zero-order valence-corrected chi connectivity index (χ0v) is 22.7. The zero-order chi connectivity index (χ0) is 21.0. The maximum atomic E-state index is 3.05. The van der Waals surface area contributed by atoms with Crippen molar-refractivity contribution in [2.75, 3.05) is 0 Å². The third kappa shape index (κ3) is 4.49. The van der Waals surface area contributed by atoms with E-state index in [1.165, 1.54) is 11.4 Å². The van der Waals surface area contributed by atoms with Crippen LogP contribution in [0.1, 0.15) is 47.1 Å². The molecule has 0 fully saturated rings. The van der Waals surface area contributed by atoms with Gasteiger partial charge < -0.3 is 0 Å². The molecule has 151 valence electrons. The second-order valence-electron chi connectivity index (χ2n) is 11.7. The van der Waals surface area contributed by atoms with Gasteiger partial charge in [0.05, 0.1) is 16.6 Å². The van der Waals surface area contributed by atoms with E-state index in [0.29, 0.717) is 0 Å². The topological polar surface area (TPSA) is 9.49 Å². The molecule has 0 unspecified atom stereocenters. The molecule has 0 bridgehead atoms. The smallest absolute Gasteiger partial charge is 0.292 e. The average Bonchev–Trinajstić information content (AvgIpc) is 2.37. The van der Waals surface area contributed by atoms with Gasteiger partial charge in [0.2, 0.25) is 0 Å². The molecule has 1 aliphatic rings. The zero-order valence-electron chi connectivity index (χ0n) is 19.7. The SMILES string of the molecule is CC(C)(C)N1C(c2ccccc2)=[N+](C(C)(C)C)[Si]1N([Si](C)(C)C)[Si](C)(C)C. The molecule has 0 spiro atoms. The van der Waals surface area contributed by atoms with Crippen LogP contribution in [0.15, 0.2) is 30.3 Å². The van der Waals surface area contributed by atoms with Crippen LogP contribution in [-0.4, -0.2) is 55.4 Å². The third-order valence-corrected chi connectivity index (χ3v) is 19.6. The van der Waals surface area contributed by atoms with Gasteiger partial charge >= 0.3 is 9.28 Å². The van der Waals surface area contributed by atoms with Crippen LogP contribution in [0.5, 0.6) is 0 Å². The van der Waals surface area contributed by atoms with Gasteiger partial charge in [-0.25, -0.2) is 0 Å². The summed E-state index contributed by atoms with van der Waals surface area (Å²) < 4.78 is 8.62. The molecule has 1 heterocycles. The predicted molar refractivity (Wildman–Crippen MR) is 126 cm³/mol. The maximum Gasteiger partial charge on any atom is 0.651 e. The molecule has 1 aliphatic heterocycles. The van der Waals surface area contributed by atoms with Crippen molar-refractivity contribution in [2.45, 2.75) is 91.9 Å². The molecule has 0 amide bonds. The van der Waals surface area contributed by atoms with E-state index in [4.69, 9.17) is 0 Å². The Morgan fingerprint density at radius 2 is 1.26 bits per heavy atom. The molecule has 1 aromatic carbocycles. The van der Waals surface area contributed by atoms with Crippen molar-refractivity contribution in [1.82, 2.24) is 8.46 Å². The van der Waals surface area contributed by atoms with E-state index in [2.05, 4.69) is 124 Å². The quantitative estimate of drug-likeness (QED) is 0.611. The summed E-state index contributed by atoms with van der Waals surface area (Å²) >= 11 is 0. The number of nitrogens with zero attached hydrogens (tertiary/aromatic N) is 3. The van der Waals surface area contributed by atoms with Crippen LogP contribution >= 0.6 is 0 Å². The molecule has 27 heavy (non-hydrogen) atoms. The van der Waals surface area contributed by atoms with Crippen LogP contribution in [0.3, 0.4) is 0 Å². The van der Waals surface area contributed by atoms with Crippen LogP contribution in [0, 0.1) is 0 Å². The highest BCUT2D eigenvalue weighted by molar-refractivity contribution is 6.98. The van der Waals surface area contributed by atoms with Crippen molar-refractivity contribution in [3.05, 3.63) is 35.9 Å². The fourth-order valence-corrected chi connectivity index (χ4v) is 20.8. The van der Waals surface area contributed by atoms with Crippen molar-refractivity contribution in [3.63, 3.8) is 0 Å². The van der Waals surface area contributed by atoms with Crippen LogP contribution < -0.4 is 0 Å². The molecule has 1 aromatic rings.